The summed E-state index contributed by atoms with van der Waals surface area (Å²) in [6.45, 7) is 5.54. The van der Waals surface area contributed by atoms with E-state index in [4.69, 9.17) is 9.47 Å². The number of rotatable bonds is 8. The van der Waals surface area contributed by atoms with Crippen LogP contribution in [0, 0.1) is 0 Å². The number of nitrogens with one attached hydrogen (secondary N) is 1. The Morgan fingerprint density at radius 3 is 2.43 bits per heavy atom. The number of para-hydroxylation sites is 3. The van der Waals surface area contributed by atoms with E-state index < -0.39 is 11.6 Å². The lowest BCUT2D eigenvalue weighted by Gasteiger charge is -2.34. The van der Waals surface area contributed by atoms with Gasteiger partial charge in [-0.15, -0.1) is 5.10 Å². The summed E-state index contributed by atoms with van der Waals surface area (Å²) >= 11 is 0. The number of carbonyl (C=O) groups is 2. The predicted octanol–water partition coefficient (Wildman–Crippen LogP) is 4.14. The Hall–Kier alpha value is -4.40. The second-order valence-corrected chi connectivity index (χ2v) is 9.59. The van der Waals surface area contributed by atoms with Crippen LogP contribution in [0.1, 0.15) is 32.4 Å². The molecule has 1 N–H and O–H groups in total. The lowest BCUT2D eigenvalue weighted by molar-refractivity contribution is -0.128. The standard InChI is InChI=1S/C28H31N5O4/c1-28(2,3)29-27(35)26(19-11-10-12-20(17-19)36-4)33(23-15-8-9-16-24(23)37-5)25(34)18-32-22-14-7-6-13-21(22)30-31-32/h6-17,26H,18H2,1-5H3,(H,29,35)/t26-/m1/s1. The van der Waals surface area contributed by atoms with Crippen LogP contribution < -0.4 is 19.7 Å². The van der Waals surface area contributed by atoms with Gasteiger partial charge in [0.15, 0.2) is 0 Å². The van der Waals surface area contributed by atoms with Crippen LogP contribution in [0.3, 0.4) is 0 Å². The molecule has 1 atom stereocenters. The number of ether oxygens (including phenoxy) is 2. The fraction of sp³-hybridized carbons (Fsp3) is 0.286. The molecule has 0 unspecified atom stereocenters. The van der Waals surface area contributed by atoms with Crippen molar-refractivity contribution in [3.05, 3.63) is 78.4 Å². The van der Waals surface area contributed by atoms with Crippen molar-refractivity contribution in [2.45, 2.75) is 38.9 Å². The number of benzene rings is 3. The third-order valence-electron chi connectivity index (χ3n) is 5.73. The smallest absolute Gasteiger partial charge is 0.249 e. The molecule has 9 nitrogen and oxygen atoms in total. The van der Waals surface area contributed by atoms with Gasteiger partial charge in [0.25, 0.3) is 0 Å². The van der Waals surface area contributed by atoms with Crippen molar-refractivity contribution in [3.63, 3.8) is 0 Å². The van der Waals surface area contributed by atoms with Gasteiger partial charge in [-0.05, 0) is 62.7 Å². The van der Waals surface area contributed by atoms with E-state index in [1.807, 2.05) is 51.1 Å². The lowest BCUT2D eigenvalue weighted by Crippen LogP contribution is -2.50. The van der Waals surface area contributed by atoms with Gasteiger partial charge in [-0.25, -0.2) is 4.68 Å². The number of anilines is 1. The van der Waals surface area contributed by atoms with Crippen molar-refractivity contribution in [1.29, 1.82) is 0 Å². The molecule has 4 rings (SSSR count). The number of amides is 2. The van der Waals surface area contributed by atoms with E-state index in [9.17, 15) is 9.59 Å². The van der Waals surface area contributed by atoms with Gasteiger partial charge in [0.1, 0.15) is 29.6 Å². The van der Waals surface area contributed by atoms with Gasteiger partial charge in [-0.2, -0.15) is 0 Å². The molecular formula is C28H31N5O4. The van der Waals surface area contributed by atoms with Gasteiger partial charge < -0.3 is 14.8 Å². The summed E-state index contributed by atoms with van der Waals surface area (Å²) in [5.74, 6) is 0.317. The van der Waals surface area contributed by atoms with Crippen LogP contribution in [0.5, 0.6) is 11.5 Å². The largest absolute Gasteiger partial charge is 0.497 e. The molecule has 0 aliphatic rings. The minimum absolute atomic E-state index is 0.137. The Morgan fingerprint density at radius 1 is 0.973 bits per heavy atom. The third-order valence-corrected chi connectivity index (χ3v) is 5.73. The van der Waals surface area contributed by atoms with Gasteiger partial charge in [-0.3, -0.25) is 14.5 Å². The van der Waals surface area contributed by atoms with Crippen molar-refractivity contribution < 1.29 is 19.1 Å². The molecule has 0 radical (unpaired) electrons. The predicted molar refractivity (Wildman–Crippen MR) is 142 cm³/mol. The SMILES string of the molecule is COc1cccc([C@H](C(=O)NC(C)(C)C)N(C(=O)Cn2nnc3ccccc32)c2ccccc2OC)c1. The maximum Gasteiger partial charge on any atom is 0.249 e. The Kier molecular flexibility index (Phi) is 7.42. The maximum atomic E-state index is 14.1. The van der Waals surface area contributed by atoms with Crippen LogP contribution in [0.15, 0.2) is 72.8 Å². The highest BCUT2D eigenvalue weighted by Crippen LogP contribution is 2.36. The Morgan fingerprint density at radius 2 is 1.70 bits per heavy atom. The van der Waals surface area contributed by atoms with Crippen molar-refractivity contribution in [2.24, 2.45) is 0 Å². The molecule has 1 aromatic heterocycles. The van der Waals surface area contributed by atoms with Crippen LogP contribution in [0.25, 0.3) is 11.0 Å². The first-order chi connectivity index (χ1) is 17.7. The number of fused-ring (bicyclic) bond motifs is 1. The lowest BCUT2D eigenvalue weighted by atomic mass is 10.00. The van der Waals surface area contributed by atoms with Crippen LogP contribution in [-0.4, -0.2) is 46.6 Å². The minimum Gasteiger partial charge on any atom is -0.497 e. The van der Waals surface area contributed by atoms with E-state index in [1.54, 1.807) is 49.6 Å². The number of nitrogens with zero attached hydrogens (tertiary/aromatic N) is 4. The van der Waals surface area contributed by atoms with Crippen molar-refractivity contribution >= 4 is 28.5 Å². The van der Waals surface area contributed by atoms with E-state index in [-0.39, 0.29) is 18.4 Å². The normalized spacial score (nSPS) is 12.1. The number of carbonyl (C=O) groups excluding carboxylic acids is 2. The Labute approximate surface area is 216 Å². The molecule has 0 fully saturated rings. The summed E-state index contributed by atoms with van der Waals surface area (Å²) < 4.78 is 12.6. The quantitative estimate of drug-likeness (QED) is 0.390. The summed E-state index contributed by atoms with van der Waals surface area (Å²) in [6, 6.07) is 20.6. The molecule has 0 spiro atoms. The zero-order valence-electron chi connectivity index (χ0n) is 21.6. The van der Waals surface area contributed by atoms with Crippen LogP contribution in [-0.2, 0) is 16.1 Å². The van der Waals surface area contributed by atoms with Gasteiger partial charge in [0.05, 0.1) is 25.4 Å². The molecule has 3 aromatic carbocycles. The van der Waals surface area contributed by atoms with Crippen molar-refractivity contribution in [1.82, 2.24) is 20.3 Å². The molecule has 0 bridgehead atoms. The molecule has 192 valence electrons. The van der Waals surface area contributed by atoms with Gasteiger partial charge in [0, 0.05) is 5.54 Å². The zero-order chi connectivity index (χ0) is 26.6. The highest BCUT2D eigenvalue weighted by atomic mass is 16.5. The fourth-order valence-electron chi connectivity index (χ4n) is 4.15. The van der Waals surface area contributed by atoms with Crippen LogP contribution in [0.4, 0.5) is 5.69 Å². The third kappa shape index (κ3) is 5.72. The molecule has 9 heteroatoms. The first kappa shape index (κ1) is 25.7. The molecule has 2 amide bonds. The summed E-state index contributed by atoms with van der Waals surface area (Å²) in [7, 11) is 3.09. The van der Waals surface area contributed by atoms with Gasteiger partial charge >= 0.3 is 0 Å². The Bertz CT molecular complexity index is 1410. The van der Waals surface area contributed by atoms with Crippen LogP contribution >= 0.6 is 0 Å². The van der Waals surface area contributed by atoms with E-state index in [0.29, 0.717) is 33.8 Å². The summed E-state index contributed by atoms with van der Waals surface area (Å²) in [5.41, 5.74) is 1.90. The topological polar surface area (TPSA) is 98.6 Å². The highest BCUT2D eigenvalue weighted by molar-refractivity contribution is 6.02. The zero-order valence-corrected chi connectivity index (χ0v) is 21.6. The molecule has 0 aliphatic heterocycles. The molecule has 0 saturated heterocycles. The van der Waals surface area contributed by atoms with Gasteiger partial charge in [0.2, 0.25) is 11.8 Å². The fourth-order valence-corrected chi connectivity index (χ4v) is 4.15. The first-order valence-electron chi connectivity index (χ1n) is 11.9. The maximum absolute atomic E-state index is 14.1. The van der Waals surface area contributed by atoms with E-state index in [0.717, 1.165) is 0 Å². The first-order valence-corrected chi connectivity index (χ1v) is 11.9. The molecule has 1 heterocycles. The van der Waals surface area contributed by atoms with Crippen molar-refractivity contribution in [3.8, 4) is 11.5 Å². The Balaban J connectivity index is 1.87. The number of hydrogen-bond acceptors (Lipinski definition) is 6. The average Bonchev–Trinajstić information content (AvgIpc) is 3.28. The average molecular weight is 502 g/mol. The summed E-state index contributed by atoms with van der Waals surface area (Å²) in [6.07, 6.45) is 0. The van der Waals surface area contributed by atoms with Gasteiger partial charge in [-0.1, -0.05) is 41.6 Å². The van der Waals surface area contributed by atoms with E-state index in [2.05, 4.69) is 15.6 Å². The van der Waals surface area contributed by atoms with Crippen LogP contribution in [0.2, 0.25) is 0 Å². The minimum atomic E-state index is -1.02. The number of aromatic nitrogens is 3. The molecule has 4 aromatic rings. The van der Waals surface area contributed by atoms with E-state index in [1.165, 1.54) is 16.7 Å². The molecular weight excluding hydrogens is 470 g/mol. The number of methoxy groups -OCH3 is 2. The summed E-state index contributed by atoms with van der Waals surface area (Å²) in [5, 5.41) is 11.4. The van der Waals surface area contributed by atoms with E-state index >= 15 is 0 Å². The molecule has 0 saturated carbocycles. The molecule has 37 heavy (non-hydrogen) atoms. The number of hydrogen-bond donors (Lipinski definition) is 1. The highest BCUT2D eigenvalue weighted by Gasteiger charge is 2.36. The summed E-state index contributed by atoms with van der Waals surface area (Å²) in [4.78, 5) is 29.5. The van der Waals surface area contributed by atoms with Crippen molar-refractivity contribution in [2.75, 3.05) is 19.1 Å². The second-order valence-electron chi connectivity index (χ2n) is 9.59. The monoisotopic (exact) mass is 501 g/mol. The molecule has 0 aliphatic carbocycles. The second kappa shape index (κ2) is 10.7.